The zero-order chi connectivity index (χ0) is 15.6. The third kappa shape index (κ3) is 3.71. The zero-order valence-corrected chi connectivity index (χ0v) is 12.3. The van der Waals surface area contributed by atoms with Crippen molar-refractivity contribution in [2.24, 2.45) is 5.92 Å². The maximum absolute atomic E-state index is 11.2. The van der Waals surface area contributed by atoms with Crippen LogP contribution in [0.3, 0.4) is 0 Å². The maximum atomic E-state index is 11.2. The van der Waals surface area contributed by atoms with Gasteiger partial charge in [-0.05, 0) is 37.3 Å². The minimum Gasteiger partial charge on any atom is -0.478 e. The second kappa shape index (κ2) is 6.11. The molecular weight excluding hydrogens is 272 g/mol. The number of carboxylic acids is 1. The Balaban J connectivity index is 2.38. The second-order valence-corrected chi connectivity index (χ2v) is 5.87. The first kappa shape index (κ1) is 15.3. The first-order valence-corrected chi connectivity index (χ1v) is 7.18. The Hall–Kier alpha value is -2.11. The number of rotatable bonds is 7. The average molecular weight is 292 g/mol. The molecule has 6 heteroatoms. The van der Waals surface area contributed by atoms with E-state index < -0.39 is 10.9 Å². The van der Waals surface area contributed by atoms with Crippen LogP contribution in [0.15, 0.2) is 18.2 Å². The van der Waals surface area contributed by atoms with E-state index in [9.17, 15) is 14.9 Å². The van der Waals surface area contributed by atoms with E-state index >= 15 is 0 Å². The highest BCUT2D eigenvalue weighted by Crippen LogP contribution is 2.37. The van der Waals surface area contributed by atoms with Gasteiger partial charge in [0.25, 0.3) is 5.69 Å². The van der Waals surface area contributed by atoms with Gasteiger partial charge in [-0.15, -0.1) is 0 Å². The van der Waals surface area contributed by atoms with Crippen LogP contribution in [-0.4, -0.2) is 28.6 Å². The molecule has 1 aromatic carbocycles. The van der Waals surface area contributed by atoms with E-state index in [1.165, 1.54) is 18.2 Å². The number of aromatic carboxylic acids is 1. The van der Waals surface area contributed by atoms with E-state index in [0.29, 0.717) is 24.2 Å². The highest BCUT2D eigenvalue weighted by Gasteiger charge is 2.33. The smallest absolute Gasteiger partial charge is 0.335 e. The molecule has 1 aliphatic carbocycles. The van der Waals surface area contributed by atoms with Crippen LogP contribution in [0.1, 0.15) is 43.5 Å². The van der Waals surface area contributed by atoms with Gasteiger partial charge in [0.1, 0.15) is 5.69 Å². The van der Waals surface area contributed by atoms with Gasteiger partial charge in [-0.3, -0.25) is 10.1 Å². The lowest BCUT2D eigenvalue weighted by Crippen LogP contribution is -2.28. The fourth-order valence-corrected chi connectivity index (χ4v) is 2.32. The Morgan fingerprint density at radius 3 is 2.62 bits per heavy atom. The summed E-state index contributed by atoms with van der Waals surface area (Å²) in [6.45, 7) is 4.92. The van der Waals surface area contributed by atoms with Gasteiger partial charge >= 0.3 is 5.97 Å². The molecule has 1 N–H and O–H groups in total. The summed E-state index contributed by atoms with van der Waals surface area (Å²) < 4.78 is 0. The summed E-state index contributed by atoms with van der Waals surface area (Å²) >= 11 is 0. The van der Waals surface area contributed by atoms with Crippen molar-refractivity contribution in [1.82, 2.24) is 0 Å². The molecule has 0 amide bonds. The zero-order valence-electron chi connectivity index (χ0n) is 12.3. The van der Waals surface area contributed by atoms with Crippen LogP contribution in [0.4, 0.5) is 11.4 Å². The number of hydrogen-bond donors (Lipinski definition) is 1. The molecule has 0 radical (unpaired) electrons. The maximum Gasteiger partial charge on any atom is 0.335 e. The van der Waals surface area contributed by atoms with Crippen molar-refractivity contribution in [1.29, 1.82) is 0 Å². The van der Waals surface area contributed by atoms with Crippen LogP contribution in [0.25, 0.3) is 0 Å². The molecule has 1 aliphatic rings. The van der Waals surface area contributed by atoms with Crippen LogP contribution >= 0.6 is 0 Å². The van der Waals surface area contributed by atoms with E-state index in [1.54, 1.807) is 0 Å². The van der Waals surface area contributed by atoms with Gasteiger partial charge in [0.2, 0.25) is 0 Å². The first-order chi connectivity index (χ1) is 9.90. The van der Waals surface area contributed by atoms with Gasteiger partial charge in [-0.2, -0.15) is 0 Å². The van der Waals surface area contributed by atoms with E-state index in [1.807, 2.05) is 4.90 Å². The second-order valence-electron chi connectivity index (χ2n) is 5.87. The predicted molar refractivity (Wildman–Crippen MR) is 79.9 cm³/mol. The molecule has 0 spiro atoms. The highest BCUT2D eigenvalue weighted by molar-refractivity contribution is 5.90. The van der Waals surface area contributed by atoms with Gasteiger partial charge in [-0.25, -0.2) is 4.79 Å². The first-order valence-electron chi connectivity index (χ1n) is 7.18. The Bertz CT molecular complexity index is 553. The molecule has 21 heavy (non-hydrogen) atoms. The van der Waals surface area contributed by atoms with Gasteiger partial charge in [0, 0.05) is 18.7 Å². The molecule has 1 aromatic rings. The third-order valence-corrected chi connectivity index (χ3v) is 3.66. The summed E-state index contributed by atoms with van der Waals surface area (Å²) in [6, 6.07) is 4.31. The monoisotopic (exact) mass is 292 g/mol. The quantitative estimate of drug-likeness (QED) is 0.615. The molecule has 0 saturated heterocycles. The number of nitro benzene ring substituents is 1. The number of benzene rings is 1. The summed E-state index contributed by atoms with van der Waals surface area (Å²) in [6.07, 6.45) is 2.93. The van der Waals surface area contributed by atoms with Gasteiger partial charge < -0.3 is 10.0 Å². The highest BCUT2D eigenvalue weighted by atomic mass is 16.6. The lowest BCUT2D eigenvalue weighted by molar-refractivity contribution is -0.384. The topological polar surface area (TPSA) is 83.7 Å². The SMILES string of the molecule is CC(C)CCN(c1cc(C(=O)O)ccc1[N+](=O)[O-])C1CC1. The molecule has 0 aromatic heterocycles. The van der Waals surface area contributed by atoms with Crippen molar-refractivity contribution in [2.75, 3.05) is 11.4 Å². The van der Waals surface area contributed by atoms with E-state index in [0.717, 1.165) is 19.3 Å². The van der Waals surface area contributed by atoms with Crippen LogP contribution < -0.4 is 4.90 Å². The minimum absolute atomic E-state index is 0.0179. The fraction of sp³-hybridized carbons (Fsp3) is 0.533. The van der Waals surface area contributed by atoms with Gasteiger partial charge in [0.05, 0.1) is 10.5 Å². The van der Waals surface area contributed by atoms with Crippen molar-refractivity contribution < 1.29 is 14.8 Å². The van der Waals surface area contributed by atoms with Gasteiger partial charge in [0.15, 0.2) is 0 Å². The van der Waals surface area contributed by atoms with E-state index in [-0.39, 0.29) is 11.3 Å². The summed E-state index contributed by atoms with van der Waals surface area (Å²) in [4.78, 5) is 23.9. The molecule has 0 unspecified atom stereocenters. The molecule has 0 atom stereocenters. The Labute approximate surface area is 123 Å². The van der Waals surface area contributed by atoms with Gasteiger partial charge in [-0.1, -0.05) is 13.8 Å². The molecule has 1 fully saturated rings. The lowest BCUT2D eigenvalue weighted by Gasteiger charge is -2.25. The minimum atomic E-state index is -1.06. The molecule has 2 rings (SSSR count). The van der Waals surface area contributed by atoms with Crippen LogP contribution in [-0.2, 0) is 0 Å². The molecule has 1 saturated carbocycles. The number of carbonyl (C=O) groups is 1. The normalized spacial score (nSPS) is 14.2. The summed E-state index contributed by atoms with van der Waals surface area (Å²) in [5.74, 6) is -0.571. The number of hydrogen-bond acceptors (Lipinski definition) is 4. The largest absolute Gasteiger partial charge is 0.478 e. The Morgan fingerprint density at radius 2 is 2.14 bits per heavy atom. The van der Waals surface area contributed by atoms with Crippen molar-refractivity contribution in [3.8, 4) is 0 Å². The average Bonchev–Trinajstić information content (AvgIpc) is 3.22. The summed E-state index contributed by atoms with van der Waals surface area (Å²) in [5, 5.41) is 20.3. The molecule has 0 bridgehead atoms. The molecular formula is C15H20N2O4. The Kier molecular flexibility index (Phi) is 4.45. The predicted octanol–water partition coefficient (Wildman–Crippen LogP) is 3.31. The number of nitro groups is 1. The lowest BCUT2D eigenvalue weighted by atomic mass is 10.1. The third-order valence-electron chi connectivity index (χ3n) is 3.66. The summed E-state index contributed by atoms with van der Waals surface area (Å²) in [7, 11) is 0. The van der Waals surface area contributed by atoms with Crippen molar-refractivity contribution >= 4 is 17.3 Å². The molecule has 0 aliphatic heterocycles. The van der Waals surface area contributed by atoms with Crippen LogP contribution in [0, 0.1) is 16.0 Å². The molecule has 0 heterocycles. The molecule has 114 valence electrons. The molecule has 6 nitrogen and oxygen atoms in total. The van der Waals surface area contributed by atoms with E-state index in [4.69, 9.17) is 5.11 Å². The van der Waals surface area contributed by atoms with Crippen molar-refractivity contribution in [2.45, 2.75) is 39.2 Å². The fourth-order valence-electron chi connectivity index (χ4n) is 2.32. The standard InChI is InChI=1S/C15H20N2O4/c1-10(2)7-8-16(12-4-5-12)14-9-11(15(18)19)3-6-13(14)17(20)21/h3,6,9-10,12H,4-5,7-8H2,1-2H3,(H,18,19). The summed E-state index contributed by atoms with van der Waals surface area (Å²) in [5.41, 5.74) is 0.504. The van der Waals surface area contributed by atoms with Crippen molar-refractivity contribution in [3.63, 3.8) is 0 Å². The Morgan fingerprint density at radius 1 is 1.48 bits per heavy atom. The van der Waals surface area contributed by atoms with Crippen LogP contribution in [0.2, 0.25) is 0 Å². The number of nitrogens with zero attached hydrogens (tertiary/aromatic N) is 2. The van der Waals surface area contributed by atoms with Crippen molar-refractivity contribution in [3.05, 3.63) is 33.9 Å². The van der Waals surface area contributed by atoms with E-state index in [2.05, 4.69) is 13.8 Å². The van der Waals surface area contributed by atoms with Crippen LogP contribution in [0.5, 0.6) is 0 Å². The number of anilines is 1. The number of carboxylic acid groups (broad SMARTS) is 1.